The largest absolute Gasteiger partial charge is 0.508 e. The number of ketones is 2. The first-order valence-electron chi connectivity index (χ1n) is 4.90. The lowest BCUT2D eigenvalue weighted by Crippen LogP contribution is -2.36. The predicted molar refractivity (Wildman–Crippen MR) is 60.4 cm³/mol. The molecule has 0 radical (unpaired) electrons. The number of carbonyl (C=O) groups is 2. The molecule has 1 aromatic rings. The molecule has 1 atom stereocenters. The van der Waals surface area contributed by atoms with Crippen LogP contribution >= 0.6 is 0 Å². The van der Waals surface area contributed by atoms with Crippen LogP contribution in [0.1, 0.15) is 0 Å². The summed E-state index contributed by atoms with van der Waals surface area (Å²) in [6.07, 6.45) is 0.728. The van der Waals surface area contributed by atoms with Crippen LogP contribution in [0.2, 0.25) is 0 Å². The number of aromatic hydroxyl groups is 1. The highest BCUT2D eigenvalue weighted by Gasteiger charge is 2.28. The normalized spacial score (nSPS) is 22.2. The first-order valence-corrected chi connectivity index (χ1v) is 4.90. The van der Waals surface area contributed by atoms with E-state index >= 15 is 0 Å². The van der Waals surface area contributed by atoms with E-state index in [2.05, 4.69) is 4.99 Å². The maximum absolute atomic E-state index is 11.5. The Balaban J connectivity index is 2.34. The number of hydrogen-bond donors (Lipinski definition) is 2. The number of rotatable bonds is 1. The summed E-state index contributed by atoms with van der Waals surface area (Å²) < 4.78 is 0. The molecule has 17 heavy (non-hydrogen) atoms. The standard InChI is InChI=1S/C12H9NO4/c14-8-3-1-7(2-4-8)13-9-5-6-10(15)12(17)11(9)16/h1-6,12,14,17H. The fraction of sp³-hybridized carbons (Fsp3) is 0.0833. The molecule has 1 unspecified atom stereocenters. The van der Waals surface area contributed by atoms with Gasteiger partial charge in [-0.25, -0.2) is 4.99 Å². The number of phenolic OH excluding ortho intramolecular Hbond substituents is 1. The summed E-state index contributed by atoms with van der Waals surface area (Å²) in [7, 11) is 0. The van der Waals surface area contributed by atoms with Gasteiger partial charge in [-0.3, -0.25) is 9.59 Å². The van der Waals surface area contributed by atoms with Crippen molar-refractivity contribution in [3.8, 4) is 5.75 Å². The fourth-order valence-corrected chi connectivity index (χ4v) is 1.36. The summed E-state index contributed by atoms with van der Waals surface area (Å²) in [5.41, 5.74) is 0.472. The highest BCUT2D eigenvalue weighted by molar-refractivity contribution is 6.52. The molecular formula is C12H9NO4. The average molecular weight is 231 g/mol. The van der Waals surface area contributed by atoms with Gasteiger partial charge in [0, 0.05) is 0 Å². The molecule has 0 aliphatic heterocycles. The lowest BCUT2D eigenvalue weighted by molar-refractivity contribution is -0.132. The van der Waals surface area contributed by atoms with Crippen LogP contribution in [0.5, 0.6) is 5.75 Å². The van der Waals surface area contributed by atoms with Gasteiger partial charge in [0.15, 0.2) is 11.9 Å². The summed E-state index contributed by atoms with van der Waals surface area (Å²) in [4.78, 5) is 26.5. The molecule has 0 fully saturated rings. The minimum Gasteiger partial charge on any atom is -0.508 e. The van der Waals surface area contributed by atoms with Crippen LogP contribution in [0.3, 0.4) is 0 Å². The van der Waals surface area contributed by atoms with Crippen LogP contribution in [-0.4, -0.2) is 33.6 Å². The second-order valence-corrected chi connectivity index (χ2v) is 3.52. The molecule has 1 aliphatic carbocycles. The predicted octanol–water partition coefficient (Wildman–Crippen LogP) is 0.534. The highest BCUT2D eigenvalue weighted by atomic mass is 16.3. The molecule has 1 aromatic carbocycles. The Hall–Kier alpha value is -2.27. The number of allylic oxidation sites excluding steroid dienone is 1. The summed E-state index contributed by atoms with van der Waals surface area (Å²) in [5.74, 6) is -1.26. The number of Topliss-reactive ketones (excluding diaryl/α,β-unsaturated/α-hetero) is 1. The molecule has 5 heteroatoms. The van der Waals surface area contributed by atoms with Crippen LogP contribution in [0.25, 0.3) is 0 Å². The van der Waals surface area contributed by atoms with E-state index in [1.807, 2.05) is 0 Å². The molecule has 0 aromatic heterocycles. The molecule has 2 rings (SSSR count). The Morgan fingerprint density at radius 1 is 1.06 bits per heavy atom. The number of aliphatic hydroxyl groups excluding tert-OH is 1. The molecular weight excluding hydrogens is 222 g/mol. The summed E-state index contributed by atoms with van der Waals surface area (Å²) in [6.45, 7) is 0. The Morgan fingerprint density at radius 3 is 2.35 bits per heavy atom. The summed E-state index contributed by atoms with van der Waals surface area (Å²) in [5, 5.41) is 18.3. The van der Waals surface area contributed by atoms with Gasteiger partial charge in [0.1, 0.15) is 11.5 Å². The maximum Gasteiger partial charge on any atom is 0.217 e. The third-order valence-electron chi connectivity index (χ3n) is 2.28. The van der Waals surface area contributed by atoms with Crippen molar-refractivity contribution in [2.75, 3.05) is 0 Å². The first kappa shape index (κ1) is 11.2. The van der Waals surface area contributed by atoms with Gasteiger partial charge in [-0.1, -0.05) is 0 Å². The average Bonchev–Trinajstić information content (AvgIpc) is 2.33. The molecule has 0 saturated heterocycles. The number of nitrogens with zero attached hydrogens (tertiary/aromatic N) is 1. The van der Waals surface area contributed by atoms with E-state index in [-0.39, 0.29) is 11.5 Å². The third-order valence-corrected chi connectivity index (χ3v) is 2.28. The van der Waals surface area contributed by atoms with Crippen LogP contribution in [0.4, 0.5) is 5.69 Å². The van der Waals surface area contributed by atoms with Gasteiger partial charge in [0.05, 0.1) is 5.69 Å². The SMILES string of the molecule is O=C1C=CC(=Nc2ccc(O)cc2)C(=O)C1O. The van der Waals surface area contributed by atoms with E-state index in [4.69, 9.17) is 5.11 Å². The van der Waals surface area contributed by atoms with Crippen LogP contribution in [-0.2, 0) is 9.59 Å². The van der Waals surface area contributed by atoms with Crippen molar-refractivity contribution in [2.45, 2.75) is 6.10 Å². The molecule has 2 N–H and O–H groups in total. The molecule has 0 spiro atoms. The lowest BCUT2D eigenvalue weighted by Gasteiger charge is -2.10. The molecule has 0 heterocycles. The van der Waals surface area contributed by atoms with Crippen molar-refractivity contribution in [3.63, 3.8) is 0 Å². The number of carbonyl (C=O) groups excluding carboxylic acids is 2. The summed E-state index contributed by atoms with van der Waals surface area (Å²) >= 11 is 0. The van der Waals surface area contributed by atoms with Crippen molar-refractivity contribution in [1.29, 1.82) is 0 Å². The van der Waals surface area contributed by atoms with Crippen molar-refractivity contribution >= 4 is 23.0 Å². The van der Waals surface area contributed by atoms with Crippen LogP contribution in [0.15, 0.2) is 41.4 Å². The quantitative estimate of drug-likeness (QED) is 0.690. The van der Waals surface area contributed by atoms with Crippen molar-refractivity contribution in [3.05, 3.63) is 36.4 Å². The van der Waals surface area contributed by atoms with Gasteiger partial charge < -0.3 is 10.2 Å². The van der Waals surface area contributed by atoms with E-state index < -0.39 is 17.7 Å². The zero-order valence-corrected chi connectivity index (χ0v) is 8.70. The number of aliphatic imine (C=N–C) groups is 1. The van der Waals surface area contributed by atoms with E-state index in [0.29, 0.717) is 5.69 Å². The lowest BCUT2D eigenvalue weighted by atomic mass is 10.00. The number of phenols is 1. The minimum atomic E-state index is -1.66. The van der Waals surface area contributed by atoms with Crippen molar-refractivity contribution in [1.82, 2.24) is 0 Å². The van der Waals surface area contributed by atoms with Gasteiger partial charge in [-0.2, -0.15) is 0 Å². The second-order valence-electron chi connectivity index (χ2n) is 3.52. The topological polar surface area (TPSA) is 87.0 Å². The second kappa shape index (κ2) is 4.31. The van der Waals surface area contributed by atoms with E-state index in [9.17, 15) is 14.7 Å². The Kier molecular flexibility index (Phi) is 2.84. The van der Waals surface area contributed by atoms with Gasteiger partial charge in [-0.05, 0) is 36.4 Å². The number of benzene rings is 1. The molecule has 0 saturated carbocycles. The molecule has 86 valence electrons. The monoisotopic (exact) mass is 231 g/mol. The fourth-order valence-electron chi connectivity index (χ4n) is 1.36. The zero-order chi connectivity index (χ0) is 12.4. The molecule has 0 amide bonds. The summed E-state index contributed by atoms with van der Waals surface area (Å²) in [6, 6.07) is 5.90. The van der Waals surface area contributed by atoms with Gasteiger partial charge in [0.2, 0.25) is 5.78 Å². The van der Waals surface area contributed by atoms with Gasteiger partial charge in [0.25, 0.3) is 0 Å². The number of aliphatic hydroxyl groups is 1. The van der Waals surface area contributed by atoms with Crippen molar-refractivity contribution in [2.24, 2.45) is 4.99 Å². The van der Waals surface area contributed by atoms with E-state index in [0.717, 1.165) is 6.08 Å². The zero-order valence-electron chi connectivity index (χ0n) is 8.70. The van der Waals surface area contributed by atoms with Crippen LogP contribution < -0.4 is 0 Å². The molecule has 1 aliphatic rings. The smallest absolute Gasteiger partial charge is 0.217 e. The number of hydrogen-bond acceptors (Lipinski definition) is 5. The van der Waals surface area contributed by atoms with Crippen LogP contribution in [0, 0.1) is 0 Å². The minimum absolute atomic E-state index is 0.0165. The Bertz CT molecular complexity index is 528. The Labute approximate surface area is 96.7 Å². The third kappa shape index (κ3) is 2.29. The highest BCUT2D eigenvalue weighted by Crippen LogP contribution is 2.18. The van der Waals surface area contributed by atoms with Crippen molar-refractivity contribution < 1.29 is 19.8 Å². The molecule has 5 nitrogen and oxygen atoms in total. The van der Waals surface area contributed by atoms with Gasteiger partial charge >= 0.3 is 0 Å². The Morgan fingerprint density at radius 2 is 1.71 bits per heavy atom. The van der Waals surface area contributed by atoms with E-state index in [1.54, 1.807) is 0 Å². The first-order chi connectivity index (χ1) is 8.08. The molecule has 0 bridgehead atoms. The maximum atomic E-state index is 11.5. The van der Waals surface area contributed by atoms with Gasteiger partial charge in [-0.15, -0.1) is 0 Å². The van der Waals surface area contributed by atoms with E-state index in [1.165, 1.54) is 30.3 Å².